The Labute approximate surface area is 183 Å². The van der Waals surface area contributed by atoms with E-state index in [1.54, 1.807) is 7.05 Å². The molecule has 0 radical (unpaired) electrons. The minimum atomic E-state index is 0. The summed E-state index contributed by atoms with van der Waals surface area (Å²) in [4.78, 5) is 4.32. The van der Waals surface area contributed by atoms with Gasteiger partial charge in [-0.1, -0.05) is 72.7 Å². The van der Waals surface area contributed by atoms with Crippen molar-refractivity contribution in [3.63, 3.8) is 0 Å². The first-order chi connectivity index (χ1) is 13.3. The number of rotatable bonds is 7. The van der Waals surface area contributed by atoms with Crippen molar-refractivity contribution >= 4 is 29.9 Å². The standard InChI is InChI=1S/C22H26N4O.HI/c1-3-19-14-20(27-26-19)15-24-22(23-2)25-16-21(17-10-6-4-7-11-17)18-12-8-5-9-13-18;/h4-14,21H,3,15-16H2,1-2H3,(H2,23,24,25);1H. The van der Waals surface area contributed by atoms with E-state index in [-0.39, 0.29) is 29.9 Å². The maximum absolute atomic E-state index is 5.32. The van der Waals surface area contributed by atoms with Crippen molar-refractivity contribution < 1.29 is 4.52 Å². The molecule has 2 N–H and O–H groups in total. The predicted octanol–water partition coefficient (Wildman–Crippen LogP) is 4.35. The highest BCUT2D eigenvalue weighted by Crippen LogP contribution is 2.23. The van der Waals surface area contributed by atoms with Gasteiger partial charge in [-0.25, -0.2) is 0 Å². The van der Waals surface area contributed by atoms with E-state index < -0.39 is 0 Å². The molecular formula is C22H27IN4O. The van der Waals surface area contributed by atoms with Gasteiger partial charge >= 0.3 is 0 Å². The van der Waals surface area contributed by atoms with Gasteiger partial charge in [0.1, 0.15) is 0 Å². The van der Waals surface area contributed by atoms with Crippen LogP contribution < -0.4 is 10.6 Å². The summed E-state index contributed by atoms with van der Waals surface area (Å²) in [5.74, 6) is 1.78. The van der Waals surface area contributed by atoms with Crippen LogP contribution in [0.15, 0.2) is 76.2 Å². The molecule has 0 amide bonds. The molecule has 0 saturated carbocycles. The molecule has 0 aliphatic heterocycles. The molecular weight excluding hydrogens is 463 g/mol. The summed E-state index contributed by atoms with van der Waals surface area (Å²) in [7, 11) is 1.77. The summed E-state index contributed by atoms with van der Waals surface area (Å²) in [5.41, 5.74) is 3.51. The molecule has 0 aliphatic carbocycles. The number of halogens is 1. The third-order valence-electron chi connectivity index (χ3n) is 4.50. The molecule has 3 aromatic rings. The van der Waals surface area contributed by atoms with Gasteiger partial charge in [0.05, 0.1) is 12.2 Å². The summed E-state index contributed by atoms with van der Waals surface area (Å²) in [6.07, 6.45) is 0.867. The Balaban J connectivity index is 0.00000280. The third kappa shape index (κ3) is 6.09. The number of nitrogens with zero attached hydrogens (tertiary/aromatic N) is 2. The van der Waals surface area contributed by atoms with Crippen LogP contribution in [0.4, 0.5) is 0 Å². The largest absolute Gasteiger partial charge is 0.359 e. The molecule has 0 fully saturated rings. The molecule has 0 unspecified atom stereocenters. The summed E-state index contributed by atoms with van der Waals surface area (Å²) >= 11 is 0. The average molecular weight is 490 g/mol. The third-order valence-corrected chi connectivity index (χ3v) is 4.50. The zero-order valence-electron chi connectivity index (χ0n) is 16.3. The van der Waals surface area contributed by atoms with Gasteiger partial charge in [-0.2, -0.15) is 0 Å². The normalized spacial score (nSPS) is 11.2. The van der Waals surface area contributed by atoms with E-state index >= 15 is 0 Å². The minimum absolute atomic E-state index is 0. The minimum Gasteiger partial charge on any atom is -0.359 e. The summed E-state index contributed by atoms with van der Waals surface area (Å²) < 4.78 is 5.32. The second-order valence-corrected chi connectivity index (χ2v) is 6.32. The molecule has 28 heavy (non-hydrogen) atoms. The number of nitrogens with one attached hydrogen (secondary N) is 2. The molecule has 0 bridgehead atoms. The number of aromatic nitrogens is 1. The van der Waals surface area contributed by atoms with E-state index in [4.69, 9.17) is 4.52 Å². The van der Waals surface area contributed by atoms with Crippen LogP contribution in [0.3, 0.4) is 0 Å². The molecule has 0 aliphatic rings. The van der Waals surface area contributed by atoms with Crippen molar-refractivity contribution in [2.75, 3.05) is 13.6 Å². The van der Waals surface area contributed by atoms with Crippen molar-refractivity contribution in [2.45, 2.75) is 25.8 Å². The average Bonchev–Trinajstić information content (AvgIpc) is 3.20. The van der Waals surface area contributed by atoms with E-state index in [0.717, 1.165) is 30.4 Å². The fourth-order valence-electron chi connectivity index (χ4n) is 2.99. The monoisotopic (exact) mass is 490 g/mol. The number of benzene rings is 2. The van der Waals surface area contributed by atoms with E-state index in [1.165, 1.54) is 11.1 Å². The van der Waals surface area contributed by atoms with E-state index in [0.29, 0.717) is 6.54 Å². The first-order valence-corrected chi connectivity index (χ1v) is 9.29. The first kappa shape index (κ1) is 21.9. The van der Waals surface area contributed by atoms with Gasteiger partial charge in [0.2, 0.25) is 0 Å². The molecule has 3 rings (SSSR count). The molecule has 1 aromatic heterocycles. The fraction of sp³-hybridized carbons (Fsp3) is 0.273. The Morgan fingerprint density at radius 1 is 1.00 bits per heavy atom. The van der Waals surface area contributed by atoms with Gasteiger partial charge in [0, 0.05) is 25.6 Å². The predicted molar refractivity (Wildman–Crippen MR) is 124 cm³/mol. The van der Waals surface area contributed by atoms with Crippen LogP contribution in [0.5, 0.6) is 0 Å². The number of hydrogen-bond donors (Lipinski definition) is 2. The number of aliphatic imine (C=N–C) groups is 1. The number of hydrogen-bond acceptors (Lipinski definition) is 3. The van der Waals surface area contributed by atoms with Crippen molar-refractivity contribution in [2.24, 2.45) is 4.99 Å². The van der Waals surface area contributed by atoms with Crippen LogP contribution in [-0.2, 0) is 13.0 Å². The van der Waals surface area contributed by atoms with E-state index in [1.807, 2.05) is 18.2 Å². The fourth-order valence-corrected chi connectivity index (χ4v) is 2.99. The molecule has 1 heterocycles. The van der Waals surface area contributed by atoms with Gasteiger partial charge in [0.15, 0.2) is 11.7 Å². The highest BCUT2D eigenvalue weighted by Gasteiger charge is 2.14. The van der Waals surface area contributed by atoms with Gasteiger partial charge in [-0.3, -0.25) is 4.99 Å². The quantitative estimate of drug-likeness (QED) is 0.294. The Morgan fingerprint density at radius 2 is 1.61 bits per heavy atom. The van der Waals surface area contributed by atoms with E-state index in [2.05, 4.69) is 76.2 Å². The smallest absolute Gasteiger partial charge is 0.191 e. The zero-order chi connectivity index (χ0) is 18.9. The molecule has 0 atom stereocenters. The van der Waals surface area contributed by atoms with Gasteiger partial charge in [0.25, 0.3) is 0 Å². The van der Waals surface area contributed by atoms with Crippen molar-refractivity contribution in [1.29, 1.82) is 0 Å². The van der Waals surface area contributed by atoms with Gasteiger partial charge in [-0.05, 0) is 17.5 Å². The number of guanidine groups is 1. The second-order valence-electron chi connectivity index (χ2n) is 6.32. The first-order valence-electron chi connectivity index (χ1n) is 9.29. The van der Waals surface area contributed by atoms with Crippen molar-refractivity contribution in [1.82, 2.24) is 15.8 Å². The Kier molecular flexibility index (Phi) is 9.00. The highest BCUT2D eigenvalue weighted by atomic mass is 127. The molecule has 6 heteroatoms. The Bertz CT molecular complexity index is 810. The Morgan fingerprint density at radius 3 is 2.11 bits per heavy atom. The maximum Gasteiger partial charge on any atom is 0.191 e. The molecule has 2 aromatic carbocycles. The molecule has 148 valence electrons. The molecule has 5 nitrogen and oxygen atoms in total. The van der Waals surface area contributed by atoms with Crippen molar-refractivity contribution in [3.8, 4) is 0 Å². The van der Waals surface area contributed by atoms with E-state index in [9.17, 15) is 0 Å². The topological polar surface area (TPSA) is 62.5 Å². The summed E-state index contributed by atoms with van der Waals surface area (Å²) in [5, 5.41) is 10.7. The SMILES string of the molecule is CCc1cc(CNC(=NC)NCC(c2ccccc2)c2ccccc2)on1.I. The summed E-state index contributed by atoms with van der Waals surface area (Å²) in [6, 6.07) is 23.0. The number of aryl methyl sites for hydroxylation is 1. The lowest BCUT2D eigenvalue weighted by molar-refractivity contribution is 0.374. The Hall–Kier alpha value is -2.35. The lowest BCUT2D eigenvalue weighted by Gasteiger charge is -2.20. The molecule has 0 saturated heterocycles. The zero-order valence-corrected chi connectivity index (χ0v) is 18.6. The van der Waals surface area contributed by atoms with Crippen molar-refractivity contribution in [3.05, 3.63) is 89.3 Å². The van der Waals surface area contributed by atoms with Gasteiger partial charge < -0.3 is 15.2 Å². The van der Waals surface area contributed by atoms with Crippen LogP contribution >= 0.6 is 24.0 Å². The van der Waals surface area contributed by atoms with Crippen LogP contribution in [0.1, 0.15) is 35.4 Å². The maximum atomic E-state index is 5.32. The van der Waals surface area contributed by atoms with Crippen LogP contribution in [0, 0.1) is 0 Å². The van der Waals surface area contributed by atoms with Crippen LogP contribution in [-0.4, -0.2) is 24.7 Å². The van der Waals surface area contributed by atoms with Crippen LogP contribution in [0.25, 0.3) is 0 Å². The van der Waals surface area contributed by atoms with Gasteiger partial charge in [-0.15, -0.1) is 24.0 Å². The van der Waals surface area contributed by atoms with Crippen LogP contribution in [0.2, 0.25) is 0 Å². The summed E-state index contributed by atoms with van der Waals surface area (Å²) in [6.45, 7) is 3.35. The highest BCUT2D eigenvalue weighted by molar-refractivity contribution is 14.0. The molecule has 0 spiro atoms. The second kappa shape index (κ2) is 11.5. The lowest BCUT2D eigenvalue weighted by atomic mass is 9.91. The lowest BCUT2D eigenvalue weighted by Crippen LogP contribution is -2.39.